The molecule has 0 aliphatic heterocycles. The average Bonchev–Trinajstić information content (AvgIpc) is 3.02. The molecule has 1 atom stereocenters. The van der Waals surface area contributed by atoms with E-state index >= 15 is 0 Å². The van der Waals surface area contributed by atoms with Gasteiger partial charge in [0.2, 0.25) is 5.95 Å². The monoisotopic (exact) mass is 222 g/mol. The maximum Gasteiger partial charge on any atom is 0.253 e. The zero-order valence-electron chi connectivity index (χ0n) is 9.24. The Hall–Kier alpha value is -1.45. The second-order valence-corrected chi connectivity index (χ2v) is 4.42. The zero-order valence-corrected chi connectivity index (χ0v) is 9.24. The maximum atomic E-state index is 12.6. The van der Waals surface area contributed by atoms with Crippen molar-refractivity contribution in [3.05, 3.63) is 29.8 Å². The van der Waals surface area contributed by atoms with Gasteiger partial charge < -0.3 is 5.32 Å². The quantitative estimate of drug-likeness (QED) is 0.793. The van der Waals surface area contributed by atoms with Crippen LogP contribution in [-0.4, -0.2) is 16.9 Å². The summed E-state index contributed by atoms with van der Waals surface area (Å²) in [6, 6.07) is 2.81. The molecule has 2 rings (SSSR count). The number of aromatic nitrogens is 1. The highest BCUT2D eigenvalue weighted by Crippen LogP contribution is 2.33. The van der Waals surface area contributed by atoms with Crippen LogP contribution < -0.4 is 5.32 Å². The van der Waals surface area contributed by atoms with E-state index in [1.54, 1.807) is 0 Å². The lowest BCUT2D eigenvalue weighted by atomic mass is 10.1. The van der Waals surface area contributed by atoms with Gasteiger partial charge in [0.15, 0.2) is 0 Å². The number of amides is 1. The van der Waals surface area contributed by atoms with E-state index in [4.69, 9.17) is 0 Å². The largest absolute Gasteiger partial charge is 0.350 e. The number of nitrogens with zero attached hydrogens (tertiary/aromatic N) is 1. The molecule has 1 saturated carbocycles. The van der Waals surface area contributed by atoms with Gasteiger partial charge in [0.1, 0.15) is 0 Å². The molecule has 0 radical (unpaired) electrons. The van der Waals surface area contributed by atoms with E-state index in [9.17, 15) is 9.18 Å². The minimum Gasteiger partial charge on any atom is -0.350 e. The molecule has 1 aromatic heterocycles. The SMILES string of the molecule is CC(CC1CC1)NC(=O)c1ccc(F)nc1. The Balaban J connectivity index is 1.88. The third-order valence-electron chi connectivity index (χ3n) is 2.75. The standard InChI is InChI=1S/C12H15FN2O/c1-8(6-9-2-3-9)15-12(16)10-4-5-11(13)14-7-10/h4-5,7-9H,2-3,6H2,1H3,(H,15,16). The van der Waals surface area contributed by atoms with Crippen LogP contribution >= 0.6 is 0 Å². The van der Waals surface area contributed by atoms with Crippen LogP contribution in [0.1, 0.15) is 36.5 Å². The molecule has 0 spiro atoms. The van der Waals surface area contributed by atoms with Crippen LogP contribution in [0.3, 0.4) is 0 Å². The van der Waals surface area contributed by atoms with Crippen molar-refractivity contribution in [2.24, 2.45) is 5.92 Å². The van der Waals surface area contributed by atoms with Gasteiger partial charge in [0.05, 0.1) is 5.56 Å². The van der Waals surface area contributed by atoms with Crippen LogP contribution in [0.4, 0.5) is 4.39 Å². The van der Waals surface area contributed by atoms with Crippen molar-refractivity contribution in [2.45, 2.75) is 32.2 Å². The maximum absolute atomic E-state index is 12.6. The molecule has 16 heavy (non-hydrogen) atoms. The lowest BCUT2D eigenvalue weighted by molar-refractivity contribution is 0.0937. The van der Waals surface area contributed by atoms with E-state index in [1.165, 1.54) is 31.2 Å². The van der Waals surface area contributed by atoms with Gasteiger partial charge in [0.25, 0.3) is 5.91 Å². The van der Waals surface area contributed by atoms with Crippen molar-refractivity contribution in [1.29, 1.82) is 0 Å². The predicted molar refractivity (Wildman–Crippen MR) is 58.5 cm³/mol. The van der Waals surface area contributed by atoms with Gasteiger partial charge in [0, 0.05) is 12.2 Å². The molecule has 0 bridgehead atoms. The van der Waals surface area contributed by atoms with Crippen LogP contribution in [0.15, 0.2) is 18.3 Å². The summed E-state index contributed by atoms with van der Waals surface area (Å²) in [5, 5.41) is 2.89. The lowest BCUT2D eigenvalue weighted by Crippen LogP contribution is -2.32. The van der Waals surface area contributed by atoms with Crippen LogP contribution in [0.5, 0.6) is 0 Å². The summed E-state index contributed by atoms with van der Waals surface area (Å²) < 4.78 is 12.6. The first-order valence-electron chi connectivity index (χ1n) is 5.57. The number of rotatable bonds is 4. The van der Waals surface area contributed by atoms with Crippen molar-refractivity contribution in [1.82, 2.24) is 10.3 Å². The van der Waals surface area contributed by atoms with E-state index in [2.05, 4.69) is 10.3 Å². The third-order valence-corrected chi connectivity index (χ3v) is 2.75. The molecule has 1 aliphatic carbocycles. The van der Waals surface area contributed by atoms with E-state index in [0.717, 1.165) is 12.3 Å². The van der Waals surface area contributed by atoms with Crippen molar-refractivity contribution in [2.75, 3.05) is 0 Å². The van der Waals surface area contributed by atoms with Crippen molar-refractivity contribution in [3.8, 4) is 0 Å². The molecule has 4 heteroatoms. The van der Waals surface area contributed by atoms with Gasteiger partial charge in [-0.2, -0.15) is 4.39 Å². The average molecular weight is 222 g/mol. The molecule has 3 nitrogen and oxygen atoms in total. The van der Waals surface area contributed by atoms with E-state index in [1.807, 2.05) is 6.92 Å². The fraction of sp³-hybridized carbons (Fsp3) is 0.500. The Morgan fingerprint density at radius 1 is 1.62 bits per heavy atom. The van der Waals surface area contributed by atoms with Crippen LogP contribution in [-0.2, 0) is 0 Å². The molecule has 1 aromatic rings. The Morgan fingerprint density at radius 2 is 2.38 bits per heavy atom. The number of carbonyl (C=O) groups excluding carboxylic acids is 1. The molecule has 0 saturated heterocycles. The summed E-state index contributed by atoms with van der Waals surface area (Å²) in [4.78, 5) is 15.1. The smallest absolute Gasteiger partial charge is 0.253 e. The lowest BCUT2D eigenvalue weighted by Gasteiger charge is -2.12. The van der Waals surface area contributed by atoms with Gasteiger partial charge in [-0.25, -0.2) is 4.98 Å². The highest BCUT2D eigenvalue weighted by atomic mass is 19.1. The number of carbonyl (C=O) groups is 1. The first-order chi connectivity index (χ1) is 7.65. The van der Waals surface area contributed by atoms with Crippen molar-refractivity contribution < 1.29 is 9.18 Å². The Bertz CT molecular complexity index is 373. The summed E-state index contributed by atoms with van der Waals surface area (Å²) in [6.45, 7) is 1.99. The van der Waals surface area contributed by atoms with Gasteiger partial charge in [-0.15, -0.1) is 0 Å². The number of hydrogen-bond acceptors (Lipinski definition) is 2. The first kappa shape index (κ1) is 11.0. The molecule has 1 N–H and O–H groups in total. The zero-order chi connectivity index (χ0) is 11.5. The van der Waals surface area contributed by atoms with Gasteiger partial charge in [-0.3, -0.25) is 4.79 Å². The summed E-state index contributed by atoms with van der Waals surface area (Å²) in [7, 11) is 0. The molecule has 0 aromatic carbocycles. The summed E-state index contributed by atoms with van der Waals surface area (Å²) in [5.41, 5.74) is 0.407. The van der Waals surface area contributed by atoms with E-state index in [0.29, 0.717) is 5.56 Å². The number of nitrogens with one attached hydrogen (secondary N) is 1. The molecule has 1 aliphatic rings. The summed E-state index contributed by atoms with van der Waals surface area (Å²) in [6.07, 6.45) is 4.84. The third kappa shape index (κ3) is 3.02. The van der Waals surface area contributed by atoms with Gasteiger partial charge in [-0.05, 0) is 31.4 Å². The number of hydrogen-bond donors (Lipinski definition) is 1. The minimum absolute atomic E-state index is 0.171. The molecule has 1 fully saturated rings. The fourth-order valence-electron chi connectivity index (χ4n) is 1.73. The van der Waals surface area contributed by atoms with Gasteiger partial charge in [-0.1, -0.05) is 12.8 Å². The van der Waals surface area contributed by atoms with Crippen LogP contribution in [0.2, 0.25) is 0 Å². The van der Waals surface area contributed by atoms with Crippen molar-refractivity contribution in [3.63, 3.8) is 0 Å². The second kappa shape index (κ2) is 4.60. The topological polar surface area (TPSA) is 42.0 Å². The summed E-state index contributed by atoms with van der Waals surface area (Å²) in [5.74, 6) is 0.0323. The van der Waals surface area contributed by atoms with Gasteiger partial charge >= 0.3 is 0 Å². The molecular formula is C12H15FN2O. The molecule has 1 amide bonds. The van der Waals surface area contributed by atoms with E-state index in [-0.39, 0.29) is 11.9 Å². The number of halogens is 1. The molecule has 1 unspecified atom stereocenters. The first-order valence-corrected chi connectivity index (χ1v) is 5.57. The van der Waals surface area contributed by atoms with Crippen LogP contribution in [0, 0.1) is 11.9 Å². The Morgan fingerprint density at radius 3 is 2.94 bits per heavy atom. The normalized spacial score (nSPS) is 16.9. The fourth-order valence-corrected chi connectivity index (χ4v) is 1.73. The summed E-state index contributed by atoms with van der Waals surface area (Å²) >= 11 is 0. The Kier molecular flexibility index (Phi) is 3.17. The van der Waals surface area contributed by atoms with Crippen LogP contribution in [0.25, 0.3) is 0 Å². The highest BCUT2D eigenvalue weighted by molar-refractivity contribution is 5.93. The molecule has 86 valence electrons. The molecule has 1 heterocycles. The van der Waals surface area contributed by atoms with Crippen molar-refractivity contribution >= 4 is 5.91 Å². The minimum atomic E-state index is -0.567. The molecular weight excluding hydrogens is 207 g/mol. The van der Waals surface area contributed by atoms with E-state index < -0.39 is 5.95 Å². The number of pyridine rings is 1. The second-order valence-electron chi connectivity index (χ2n) is 4.42. The predicted octanol–water partition coefficient (Wildman–Crippen LogP) is 2.14. The Labute approximate surface area is 94.1 Å². The highest BCUT2D eigenvalue weighted by Gasteiger charge is 2.24.